The fraction of sp³-hybridized carbons (Fsp3) is 0.222. The molecule has 0 aliphatic rings. The summed E-state index contributed by atoms with van der Waals surface area (Å²) in [6.07, 6.45) is -0.600. The first kappa shape index (κ1) is 19.6. The predicted octanol–water partition coefficient (Wildman–Crippen LogP) is 3.55. The first-order valence-corrected chi connectivity index (χ1v) is 8.15. The van der Waals surface area contributed by atoms with Crippen molar-refractivity contribution in [3.63, 3.8) is 0 Å². The molecule has 8 heteroatoms. The molecule has 2 aromatic rings. The highest BCUT2D eigenvalue weighted by atomic mass is 35.5. The summed E-state index contributed by atoms with van der Waals surface area (Å²) < 4.78 is 15.1. The Morgan fingerprint density at radius 2 is 1.69 bits per heavy atom. The zero-order valence-electron chi connectivity index (χ0n) is 14.2. The summed E-state index contributed by atoms with van der Waals surface area (Å²) in [6.45, 7) is 0.316. The highest BCUT2D eigenvalue weighted by Crippen LogP contribution is 2.17. The minimum absolute atomic E-state index is 0.154. The molecule has 2 N–H and O–H groups in total. The Bertz CT molecular complexity index is 737. The highest BCUT2D eigenvalue weighted by Gasteiger charge is 2.07. The van der Waals surface area contributed by atoms with E-state index >= 15 is 0 Å². The second-order valence-electron chi connectivity index (χ2n) is 5.13. The standard InChI is InChI=1S/C18H19ClN2O5/c1-24-9-10-25-18(23)21-15-4-2-3-14(11-15)20-17(22)12-26-16-7-5-13(19)6-8-16/h2-8,11H,9-10,12H2,1H3,(H,20,22)(H,21,23). The predicted molar refractivity (Wildman–Crippen MR) is 98.9 cm³/mol. The summed E-state index contributed by atoms with van der Waals surface area (Å²) in [4.78, 5) is 23.6. The molecule has 0 saturated carbocycles. The molecule has 0 spiro atoms. The molecule has 2 amide bonds. The molecule has 2 aromatic carbocycles. The van der Waals surface area contributed by atoms with Crippen molar-refractivity contribution >= 4 is 35.0 Å². The minimum atomic E-state index is -0.600. The van der Waals surface area contributed by atoms with Gasteiger partial charge in [0, 0.05) is 23.5 Å². The largest absolute Gasteiger partial charge is 0.484 e. The third kappa shape index (κ3) is 7.00. The van der Waals surface area contributed by atoms with Gasteiger partial charge >= 0.3 is 6.09 Å². The lowest BCUT2D eigenvalue weighted by Crippen LogP contribution is -2.20. The molecular weight excluding hydrogens is 360 g/mol. The van der Waals surface area contributed by atoms with E-state index < -0.39 is 6.09 Å². The van der Waals surface area contributed by atoms with Crippen molar-refractivity contribution < 1.29 is 23.8 Å². The van der Waals surface area contributed by atoms with Crippen molar-refractivity contribution in [1.29, 1.82) is 0 Å². The average Bonchev–Trinajstić information content (AvgIpc) is 2.62. The van der Waals surface area contributed by atoms with E-state index in [1.165, 1.54) is 7.11 Å². The van der Waals surface area contributed by atoms with Crippen LogP contribution in [0.2, 0.25) is 5.02 Å². The van der Waals surface area contributed by atoms with Gasteiger partial charge in [0.25, 0.3) is 5.91 Å². The minimum Gasteiger partial charge on any atom is -0.484 e. The van der Waals surface area contributed by atoms with Crippen LogP contribution < -0.4 is 15.4 Å². The van der Waals surface area contributed by atoms with Gasteiger partial charge in [0.15, 0.2) is 6.61 Å². The number of methoxy groups -OCH3 is 1. The summed E-state index contributed by atoms with van der Waals surface area (Å²) in [5.41, 5.74) is 1.01. The van der Waals surface area contributed by atoms with Crippen LogP contribution in [-0.2, 0) is 14.3 Å². The number of ether oxygens (including phenoxy) is 3. The third-order valence-corrected chi connectivity index (χ3v) is 3.35. The highest BCUT2D eigenvalue weighted by molar-refractivity contribution is 6.30. The molecule has 0 heterocycles. The van der Waals surface area contributed by atoms with Gasteiger partial charge in [-0.2, -0.15) is 0 Å². The number of halogens is 1. The Balaban J connectivity index is 1.82. The SMILES string of the molecule is COCCOC(=O)Nc1cccc(NC(=O)COc2ccc(Cl)cc2)c1. The Labute approximate surface area is 156 Å². The Morgan fingerprint density at radius 3 is 2.38 bits per heavy atom. The Kier molecular flexibility index (Phi) is 7.73. The molecule has 0 aromatic heterocycles. The van der Waals surface area contributed by atoms with Crippen LogP contribution in [0.15, 0.2) is 48.5 Å². The van der Waals surface area contributed by atoms with Crippen molar-refractivity contribution in [1.82, 2.24) is 0 Å². The van der Waals surface area contributed by atoms with Crippen LogP contribution in [0.25, 0.3) is 0 Å². The maximum absolute atomic E-state index is 12.0. The molecule has 26 heavy (non-hydrogen) atoms. The first-order valence-electron chi connectivity index (χ1n) is 7.78. The zero-order chi connectivity index (χ0) is 18.8. The van der Waals surface area contributed by atoms with Gasteiger partial charge in [0.1, 0.15) is 12.4 Å². The number of rotatable bonds is 8. The van der Waals surface area contributed by atoms with E-state index in [9.17, 15) is 9.59 Å². The average molecular weight is 379 g/mol. The molecule has 0 radical (unpaired) electrons. The van der Waals surface area contributed by atoms with Gasteiger partial charge in [0.2, 0.25) is 0 Å². The van der Waals surface area contributed by atoms with E-state index in [1.807, 2.05) is 0 Å². The Morgan fingerprint density at radius 1 is 1.00 bits per heavy atom. The second-order valence-corrected chi connectivity index (χ2v) is 5.56. The Hall–Kier alpha value is -2.77. The quantitative estimate of drug-likeness (QED) is 0.686. The van der Waals surface area contributed by atoms with Crippen LogP contribution in [0.3, 0.4) is 0 Å². The van der Waals surface area contributed by atoms with Crippen molar-refractivity contribution in [3.8, 4) is 5.75 Å². The number of carbonyl (C=O) groups excluding carboxylic acids is 2. The van der Waals surface area contributed by atoms with Crippen LogP contribution in [0.1, 0.15) is 0 Å². The number of benzene rings is 2. The smallest absolute Gasteiger partial charge is 0.411 e. The number of carbonyl (C=O) groups is 2. The lowest BCUT2D eigenvalue weighted by molar-refractivity contribution is -0.118. The van der Waals surface area contributed by atoms with Gasteiger partial charge in [-0.05, 0) is 42.5 Å². The molecule has 0 saturated heterocycles. The summed E-state index contributed by atoms with van der Waals surface area (Å²) >= 11 is 5.79. The fourth-order valence-corrected chi connectivity index (χ4v) is 2.05. The number of amides is 2. The van der Waals surface area contributed by atoms with Gasteiger partial charge < -0.3 is 19.5 Å². The molecule has 0 bridgehead atoms. The monoisotopic (exact) mass is 378 g/mol. The van der Waals surface area contributed by atoms with E-state index in [-0.39, 0.29) is 19.1 Å². The maximum atomic E-state index is 12.0. The van der Waals surface area contributed by atoms with E-state index in [1.54, 1.807) is 48.5 Å². The molecular formula is C18H19ClN2O5. The summed E-state index contributed by atoms with van der Waals surface area (Å²) in [7, 11) is 1.52. The fourth-order valence-electron chi connectivity index (χ4n) is 1.92. The van der Waals surface area contributed by atoms with Crippen molar-refractivity contribution in [2.75, 3.05) is 37.6 Å². The second kappa shape index (κ2) is 10.3. The molecule has 0 aliphatic heterocycles. The van der Waals surface area contributed by atoms with E-state index in [0.29, 0.717) is 28.8 Å². The van der Waals surface area contributed by atoms with Crippen LogP contribution >= 0.6 is 11.6 Å². The van der Waals surface area contributed by atoms with Gasteiger partial charge in [-0.1, -0.05) is 17.7 Å². The molecule has 0 atom stereocenters. The van der Waals surface area contributed by atoms with Gasteiger partial charge in [0.05, 0.1) is 6.61 Å². The lowest BCUT2D eigenvalue weighted by Gasteiger charge is -2.10. The molecule has 0 aliphatic carbocycles. The van der Waals surface area contributed by atoms with Gasteiger partial charge in [-0.25, -0.2) is 4.79 Å². The molecule has 2 rings (SSSR count). The normalized spacial score (nSPS) is 10.1. The van der Waals surface area contributed by atoms with Crippen LogP contribution in [-0.4, -0.2) is 38.9 Å². The first-order chi connectivity index (χ1) is 12.6. The van der Waals surface area contributed by atoms with Crippen LogP contribution in [0.5, 0.6) is 5.75 Å². The van der Waals surface area contributed by atoms with E-state index in [0.717, 1.165) is 0 Å². The summed E-state index contributed by atoms with van der Waals surface area (Å²) in [5.74, 6) is 0.207. The van der Waals surface area contributed by atoms with Crippen molar-refractivity contribution in [2.45, 2.75) is 0 Å². The number of anilines is 2. The number of hydrogen-bond donors (Lipinski definition) is 2. The van der Waals surface area contributed by atoms with Crippen molar-refractivity contribution in [3.05, 3.63) is 53.6 Å². The molecule has 7 nitrogen and oxygen atoms in total. The topological polar surface area (TPSA) is 85.9 Å². The van der Waals surface area contributed by atoms with Crippen LogP contribution in [0, 0.1) is 0 Å². The maximum Gasteiger partial charge on any atom is 0.411 e. The van der Waals surface area contributed by atoms with E-state index in [4.69, 9.17) is 25.8 Å². The molecule has 0 unspecified atom stereocenters. The van der Waals surface area contributed by atoms with E-state index in [2.05, 4.69) is 10.6 Å². The zero-order valence-corrected chi connectivity index (χ0v) is 14.9. The van der Waals surface area contributed by atoms with Gasteiger partial charge in [-0.15, -0.1) is 0 Å². The number of nitrogens with one attached hydrogen (secondary N) is 2. The molecule has 138 valence electrons. The molecule has 0 fully saturated rings. The van der Waals surface area contributed by atoms with Gasteiger partial charge in [-0.3, -0.25) is 10.1 Å². The van der Waals surface area contributed by atoms with Crippen molar-refractivity contribution in [2.24, 2.45) is 0 Å². The third-order valence-electron chi connectivity index (χ3n) is 3.10. The van der Waals surface area contributed by atoms with Crippen LogP contribution in [0.4, 0.5) is 16.2 Å². The number of hydrogen-bond acceptors (Lipinski definition) is 5. The lowest BCUT2D eigenvalue weighted by atomic mass is 10.2. The summed E-state index contributed by atoms with van der Waals surface area (Å²) in [5, 5.41) is 5.84. The summed E-state index contributed by atoms with van der Waals surface area (Å²) in [6, 6.07) is 13.4.